The molecule has 1 aromatic carbocycles. The van der Waals surface area contributed by atoms with Crippen LogP contribution in [0, 0.1) is 5.92 Å². The normalized spacial score (nSPS) is 24.4. The topological polar surface area (TPSA) is 43.4 Å². The van der Waals surface area contributed by atoms with Gasteiger partial charge >= 0.3 is 5.97 Å². The van der Waals surface area contributed by atoms with Crippen molar-refractivity contribution in [3.05, 3.63) is 35.9 Å². The molecule has 1 saturated carbocycles. The molecule has 1 aliphatic rings. The summed E-state index contributed by atoms with van der Waals surface area (Å²) < 4.78 is 4.80. The fraction of sp³-hybridized carbons (Fsp3) is 0.429. The molecule has 1 fully saturated rings. The van der Waals surface area contributed by atoms with Crippen molar-refractivity contribution in [2.24, 2.45) is 5.92 Å². The summed E-state index contributed by atoms with van der Waals surface area (Å²) in [5, 5.41) is 0. The zero-order valence-corrected chi connectivity index (χ0v) is 9.89. The Kier molecular flexibility index (Phi) is 3.57. The van der Waals surface area contributed by atoms with Crippen LogP contribution in [0.5, 0.6) is 0 Å². The summed E-state index contributed by atoms with van der Waals surface area (Å²) in [4.78, 5) is 23.2. The zero-order valence-electron chi connectivity index (χ0n) is 9.89. The highest BCUT2D eigenvalue weighted by molar-refractivity contribution is 5.86. The van der Waals surface area contributed by atoms with E-state index in [1.807, 2.05) is 30.3 Å². The Morgan fingerprint density at radius 2 is 2.00 bits per heavy atom. The van der Waals surface area contributed by atoms with E-state index in [1.165, 1.54) is 7.11 Å². The quantitative estimate of drug-likeness (QED) is 0.735. The molecule has 0 amide bonds. The Balaban J connectivity index is 2.24. The van der Waals surface area contributed by atoms with E-state index in [2.05, 4.69) is 0 Å². The molecule has 0 N–H and O–H groups in total. The van der Waals surface area contributed by atoms with E-state index in [4.69, 9.17) is 4.74 Å². The smallest absolute Gasteiger partial charge is 0.309 e. The van der Waals surface area contributed by atoms with Crippen LogP contribution in [0.2, 0.25) is 0 Å². The van der Waals surface area contributed by atoms with Gasteiger partial charge in [0.25, 0.3) is 0 Å². The van der Waals surface area contributed by atoms with E-state index in [0.29, 0.717) is 12.8 Å². The van der Waals surface area contributed by atoms with E-state index in [-0.39, 0.29) is 23.6 Å². The minimum Gasteiger partial charge on any atom is -0.469 e. The number of hydrogen-bond acceptors (Lipinski definition) is 3. The molecule has 0 bridgehead atoms. The molecule has 3 heteroatoms. The second-order valence-electron chi connectivity index (χ2n) is 4.43. The van der Waals surface area contributed by atoms with Crippen LogP contribution in [0.4, 0.5) is 0 Å². The van der Waals surface area contributed by atoms with Gasteiger partial charge in [0, 0.05) is 12.8 Å². The van der Waals surface area contributed by atoms with Gasteiger partial charge in [-0.2, -0.15) is 0 Å². The molecule has 0 spiro atoms. The highest BCUT2D eigenvalue weighted by Gasteiger charge is 2.35. The average molecular weight is 232 g/mol. The van der Waals surface area contributed by atoms with E-state index < -0.39 is 0 Å². The second kappa shape index (κ2) is 5.13. The number of methoxy groups -OCH3 is 1. The van der Waals surface area contributed by atoms with E-state index >= 15 is 0 Å². The fourth-order valence-corrected chi connectivity index (χ4v) is 2.51. The van der Waals surface area contributed by atoms with Crippen LogP contribution in [0.1, 0.15) is 30.7 Å². The summed E-state index contributed by atoms with van der Waals surface area (Å²) in [6.07, 6.45) is 1.61. The number of Topliss-reactive ketones (excluding diaryl/α,β-unsaturated/α-hetero) is 1. The van der Waals surface area contributed by atoms with E-state index in [9.17, 15) is 9.59 Å². The lowest BCUT2D eigenvalue weighted by molar-refractivity contribution is -0.149. The lowest BCUT2D eigenvalue weighted by Crippen LogP contribution is -2.30. The van der Waals surface area contributed by atoms with Crippen molar-refractivity contribution in [3.63, 3.8) is 0 Å². The molecule has 17 heavy (non-hydrogen) atoms. The molecule has 0 unspecified atom stereocenters. The monoisotopic (exact) mass is 232 g/mol. The summed E-state index contributed by atoms with van der Waals surface area (Å²) >= 11 is 0. The Hall–Kier alpha value is -1.64. The summed E-state index contributed by atoms with van der Waals surface area (Å²) in [7, 11) is 1.38. The lowest BCUT2D eigenvalue weighted by Gasteiger charge is -2.29. The van der Waals surface area contributed by atoms with Gasteiger partial charge in [0.1, 0.15) is 5.78 Å². The average Bonchev–Trinajstić information content (AvgIpc) is 2.38. The Bertz CT molecular complexity index is 411. The van der Waals surface area contributed by atoms with Crippen LogP contribution in [-0.4, -0.2) is 18.9 Å². The van der Waals surface area contributed by atoms with Crippen LogP contribution in [0.25, 0.3) is 0 Å². The third kappa shape index (κ3) is 2.54. The molecule has 1 aliphatic carbocycles. The van der Waals surface area contributed by atoms with Gasteiger partial charge in [-0.25, -0.2) is 0 Å². The minimum atomic E-state index is -0.316. The first-order chi connectivity index (χ1) is 8.22. The third-order valence-electron chi connectivity index (χ3n) is 3.40. The highest BCUT2D eigenvalue weighted by Crippen LogP contribution is 2.36. The molecule has 0 saturated heterocycles. The van der Waals surface area contributed by atoms with Crippen molar-refractivity contribution in [3.8, 4) is 0 Å². The maximum atomic E-state index is 11.7. The van der Waals surface area contributed by atoms with Gasteiger partial charge in [0.05, 0.1) is 13.0 Å². The predicted molar refractivity (Wildman–Crippen MR) is 63.5 cm³/mol. The van der Waals surface area contributed by atoms with Gasteiger partial charge in [0.2, 0.25) is 0 Å². The Morgan fingerprint density at radius 1 is 1.29 bits per heavy atom. The van der Waals surface area contributed by atoms with Gasteiger partial charge < -0.3 is 4.74 Å². The standard InChI is InChI=1S/C14H16O3/c1-17-14(16)13-9-11(15)7-8-12(13)10-5-3-2-4-6-10/h2-6,12-13H,7-9H2,1H3/t12-,13-/m1/s1. The highest BCUT2D eigenvalue weighted by atomic mass is 16.5. The number of ether oxygens (including phenoxy) is 1. The van der Waals surface area contributed by atoms with Crippen LogP contribution >= 0.6 is 0 Å². The number of carbonyl (C=O) groups excluding carboxylic acids is 2. The molecule has 0 aromatic heterocycles. The van der Waals surface area contributed by atoms with Crippen molar-refractivity contribution >= 4 is 11.8 Å². The molecule has 0 heterocycles. The van der Waals surface area contributed by atoms with Crippen molar-refractivity contribution in [2.75, 3.05) is 7.11 Å². The summed E-state index contributed by atoms with van der Waals surface area (Å²) in [5.74, 6) is -0.315. The SMILES string of the molecule is COC(=O)[C@@H]1CC(=O)CC[C@@H]1c1ccccc1. The van der Waals surface area contributed by atoms with E-state index in [0.717, 1.165) is 12.0 Å². The van der Waals surface area contributed by atoms with Crippen molar-refractivity contribution < 1.29 is 14.3 Å². The number of esters is 1. The third-order valence-corrected chi connectivity index (χ3v) is 3.40. The first kappa shape index (κ1) is 11.8. The van der Waals surface area contributed by atoms with E-state index in [1.54, 1.807) is 0 Å². The van der Waals surface area contributed by atoms with Crippen molar-refractivity contribution in [1.29, 1.82) is 0 Å². The van der Waals surface area contributed by atoms with Gasteiger partial charge in [0.15, 0.2) is 0 Å². The number of benzene rings is 1. The molecular formula is C14H16O3. The molecular weight excluding hydrogens is 216 g/mol. The first-order valence-electron chi connectivity index (χ1n) is 5.87. The largest absolute Gasteiger partial charge is 0.469 e. The number of rotatable bonds is 2. The maximum absolute atomic E-state index is 11.7. The van der Waals surface area contributed by atoms with Crippen molar-refractivity contribution in [1.82, 2.24) is 0 Å². The molecule has 2 atom stereocenters. The minimum absolute atomic E-state index is 0.112. The van der Waals surface area contributed by atoms with Gasteiger partial charge in [-0.05, 0) is 17.9 Å². The molecule has 0 radical (unpaired) electrons. The van der Waals surface area contributed by atoms with Gasteiger partial charge in [-0.1, -0.05) is 30.3 Å². The summed E-state index contributed by atoms with van der Waals surface area (Å²) in [5.41, 5.74) is 1.12. The molecule has 90 valence electrons. The molecule has 0 aliphatic heterocycles. The number of hydrogen-bond donors (Lipinski definition) is 0. The van der Waals surface area contributed by atoms with Crippen LogP contribution in [-0.2, 0) is 14.3 Å². The first-order valence-corrected chi connectivity index (χ1v) is 5.87. The lowest BCUT2D eigenvalue weighted by atomic mass is 9.75. The van der Waals surface area contributed by atoms with Crippen LogP contribution in [0.15, 0.2) is 30.3 Å². The molecule has 1 aromatic rings. The van der Waals surface area contributed by atoms with Crippen LogP contribution in [0.3, 0.4) is 0 Å². The van der Waals surface area contributed by atoms with Gasteiger partial charge in [-0.15, -0.1) is 0 Å². The summed E-state index contributed by atoms with van der Waals surface area (Å²) in [6.45, 7) is 0. The van der Waals surface area contributed by atoms with Gasteiger partial charge in [-0.3, -0.25) is 9.59 Å². The Morgan fingerprint density at radius 3 is 2.65 bits per heavy atom. The van der Waals surface area contributed by atoms with Crippen LogP contribution < -0.4 is 0 Å². The summed E-state index contributed by atoms with van der Waals surface area (Å²) in [6, 6.07) is 9.89. The molecule has 2 rings (SSSR count). The number of ketones is 1. The zero-order chi connectivity index (χ0) is 12.3. The predicted octanol–water partition coefficient (Wildman–Crippen LogP) is 2.31. The maximum Gasteiger partial charge on any atom is 0.309 e. The van der Waals surface area contributed by atoms with Crippen molar-refractivity contribution in [2.45, 2.75) is 25.2 Å². The molecule has 3 nitrogen and oxygen atoms in total. The fourth-order valence-electron chi connectivity index (χ4n) is 2.51. The second-order valence-corrected chi connectivity index (χ2v) is 4.43. The number of carbonyl (C=O) groups is 2. The Labute approximate surface area is 101 Å².